The molecule has 2 rings (SSSR count). The summed E-state index contributed by atoms with van der Waals surface area (Å²) < 4.78 is 1.15. The van der Waals surface area contributed by atoms with Crippen molar-refractivity contribution < 1.29 is 0 Å². The van der Waals surface area contributed by atoms with Gasteiger partial charge in [0.2, 0.25) is 0 Å². The number of thiophene rings is 1. The Kier molecular flexibility index (Phi) is 6.03. The lowest BCUT2D eigenvalue weighted by Crippen LogP contribution is -2.40. The van der Waals surface area contributed by atoms with Crippen molar-refractivity contribution in [3.05, 3.63) is 56.7 Å². The molecule has 1 N–H and O–H groups in total. The summed E-state index contributed by atoms with van der Waals surface area (Å²) in [6, 6.07) is 13.1. The average molecular weight is 366 g/mol. The van der Waals surface area contributed by atoms with Crippen LogP contribution in [-0.4, -0.2) is 12.1 Å². The highest BCUT2D eigenvalue weighted by atomic mass is 79.9. The number of benzene rings is 1. The van der Waals surface area contributed by atoms with Gasteiger partial charge in [0.15, 0.2) is 0 Å². The van der Waals surface area contributed by atoms with E-state index in [2.05, 4.69) is 83.8 Å². The lowest BCUT2D eigenvalue weighted by molar-refractivity contribution is 0.368. The summed E-state index contributed by atoms with van der Waals surface area (Å²) in [5, 5.41) is 5.83. The maximum atomic E-state index is 3.66. The van der Waals surface area contributed by atoms with Gasteiger partial charge in [-0.05, 0) is 75.2 Å². The maximum absolute atomic E-state index is 3.66. The van der Waals surface area contributed by atoms with Gasteiger partial charge in [-0.15, -0.1) is 11.3 Å². The molecule has 0 saturated carbocycles. The summed E-state index contributed by atoms with van der Waals surface area (Å²) in [5.41, 5.74) is 1.59. The minimum atomic E-state index is 0.174. The quantitative estimate of drug-likeness (QED) is 0.732. The van der Waals surface area contributed by atoms with Crippen molar-refractivity contribution in [3.63, 3.8) is 0 Å². The molecule has 1 atom stereocenters. The largest absolute Gasteiger partial charge is 0.312 e. The molecular weight excluding hydrogens is 342 g/mol. The zero-order chi connectivity index (χ0) is 15.3. The topological polar surface area (TPSA) is 12.0 Å². The highest BCUT2D eigenvalue weighted by Crippen LogP contribution is 2.20. The highest BCUT2D eigenvalue weighted by Gasteiger charge is 2.16. The molecule has 0 saturated heterocycles. The van der Waals surface area contributed by atoms with Crippen molar-refractivity contribution in [2.24, 2.45) is 5.92 Å². The van der Waals surface area contributed by atoms with Gasteiger partial charge in [0.1, 0.15) is 0 Å². The molecule has 1 nitrogen and oxygen atoms in total. The van der Waals surface area contributed by atoms with Crippen LogP contribution in [0.1, 0.15) is 31.2 Å². The van der Waals surface area contributed by atoms with Crippen molar-refractivity contribution in [3.8, 4) is 0 Å². The molecule has 0 aliphatic rings. The summed E-state index contributed by atoms with van der Waals surface area (Å²) in [4.78, 5) is 1.48. The van der Waals surface area contributed by atoms with Crippen molar-refractivity contribution in [2.75, 3.05) is 6.54 Å². The normalized spacial score (nSPS) is 13.3. The van der Waals surface area contributed by atoms with E-state index >= 15 is 0 Å². The molecule has 21 heavy (non-hydrogen) atoms. The fraction of sp³-hybridized carbons (Fsp3) is 0.444. The van der Waals surface area contributed by atoms with E-state index in [0.29, 0.717) is 5.92 Å². The monoisotopic (exact) mass is 365 g/mol. The molecule has 114 valence electrons. The van der Waals surface area contributed by atoms with Gasteiger partial charge in [-0.2, -0.15) is 0 Å². The van der Waals surface area contributed by atoms with Gasteiger partial charge in [-0.25, -0.2) is 0 Å². The minimum Gasteiger partial charge on any atom is -0.312 e. The maximum Gasteiger partial charge on any atom is 0.0175 e. The fourth-order valence-corrected chi connectivity index (χ4v) is 3.42. The second-order valence-corrected chi connectivity index (χ2v) is 8.56. The molecule has 0 aliphatic carbocycles. The van der Waals surface area contributed by atoms with Crippen LogP contribution in [-0.2, 0) is 12.8 Å². The molecule has 0 bridgehead atoms. The van der Waals surface area contributed by atoms with Gasteiger partial charge in [-0.1, -0.05) is 34.1 Å². The first-order valence-corrected chi connectivity index (χ1v) is 9.11. The van der Waals surface area contributed by atoms with Gasteiger partial charge in [0.25, 0.3) is 0 Å². The summed E-state index contributed by atoms with van der Waals surface area (Å²) in [6.07, 6.45) is 2.27. The minimum absolute atomic E-state index is 0.174. The number of rotatable bonds is 6. The third-order valence-electron chi connectivity index (χ3n) is 3.43. The van der Waals surface area contributed by atoms with Gasteiger partial charge in [0.05, 0.1) is 0 Å². The van der Waals surface area contributed by atoms with Crippen molar-refractivity contribution in [1.82, 2.24) is 5.32 Å². The SMILES string of the molecule is CC(C)(C)NCC(Cc1ccc(Br)cc1)Cc1cccs1. The van der Waals surface area contributed by atoms with Crippen LogP contribution >= 0.6 is 27.3 Å². The third-order valence-corrected chi connectivity index (χ3v) is 4.86. The van der Waals surface area contributed by atoms with E-state index in [1.807, 2.05) is 11.3 Å². The van der Waals surface area contributed by atoms with E-state index in [9.17, 15) is 0 Å². The van der Waals surface area contributed by atoms with Crippen LogP contribution < -0.4 is 5.32 Å². The first-order valence-electron chi connectivity index (χ1n) is 7.44. The Labute approximate surface area is 140 Å². The molecular formula is C18H24BrNS. The molecule has 0 amide bonds. The van der Waals surface area contributed by atoms with Crippen LogP contribution in [0.3, 0.4) is 0 Å². The lowest BCUT2D eigenvalue weighted by Gasteiger charge is -2.25. The average Bonchev–Trinajstić information content (AvgIpc) is 2.91. The molecule has 3 heteroatoms. The van der Waals surface area contributed by atoms with Crippen LogP contribution in [0.2, 0.25) is 0 Å². The van der Waals surface area contributed by atoms with Crippen LogP contribution in [0.15, 0.2) is 46.3 Å². The molecule has 0 fully saturated rings. The van der Waals surface area contributed by atoms with E-state index in [-0.39, 0.29) is 5.54 Å². The van der Waals surface area contributed by atoms with E-state index in [4.69, 9.17) is 0 Å². The van der Waals surface area contributed by atoms with Gasteiger partial charge < -0.3 is 5.32 Å². The molecule has 0 radical (unpaired) electrons. The summed E-state index contributed by atoms with van der Waals surface area (Å²) in [5.74, 6) is 0.629. The highest BCUT2D eigenvalue weighted by molar-refractivity contribution is 9.10. The van der Waals surface area contributed by atoms with Gasteiger partial charge >= 0.3 is 0 Å². The number of halogens is 1. The Morgan fingerprint density at radius 2 is 1.81 bits per heavy atom. The Hall–Kier alpha value is -0.640. The third kappa shape index (κ3) is 6.33. The van der Waals surface area contributed by atoms with E-state index < -0.39 is 0 Å². The van der Waals surface area contributed by atoms with E-state index in [1.165, 1.54) is 10.4 Å². The van der Waals surface area contributed by atoms with Crippen LogP contribution in [0.5, 0.6) is 0 Å². The molecule has 1 aromatic carbocycles. The molecule has 2 aromatic rings. The smallest absolute Gasteiger partial charge is 0.0175 e. The summed E-state index contributed by atoms with van der Waals surface area (Å²) >= 11 is 5.37. The molecule has 0 spiro atoms. The predicted molar refractivity (Wildman–Crippen MR) is 97.1 cm³/mol. The Morgan fingerprint density at radius 3 is 2.38 bits per heavy atom. The zero-order valence-corrected chi connectivity index (χ0v) is 15.4. The zero-order valence-electron chi connectivity index (χ0n) is 13.0. The van der Waals surface area contributed by atoms with Crippen LogP contribution in [0, 0.1) is 5.92 Å². The Bertz CT molecular complexity index is 525. The lowest BCUT2D eigenvalue weighted by atomic mass is 9.94. The van der Waals surface area contributed by atoms with Crippen LogP contribution in [0.4, 0.5) is 0 Å². The molecule has 1 aromatic heterocycles. The Morgan fingerprint density at radius 1 is 1.10 bits per heavy atom. The standard InChI is InChI=1S/C18H24BrNS/c1-18(2,3)20-13-15(12-17-5-4-10-21-17)11-14-6-8-16(19)9-7-14/h4-10,15,20H,11-13H2,1-3H3. The van der Waals surface area contributed by atoms with Crippen molar-refractivity contribution in [2.45, 2.75) is 39.2 Å². The number of nitrogens with one attached hydrogen (secondary N) is 1. The summed E-state index contributed by atoms with van der Waals surface area (Å²) in [7, 11) is 0. The molecule has 0 aliphatic heterocycles. The molecule has 1 heterocycles. The van der Waals surface area contributed by atoms with Gasteiger partial charge in [0, 0.05) is 14.9 Å². The molecule has 1 unspecified atom stereocenters. The van der Waals surface area contributed by atoms with E-state index in [0.717, 1.165) is 23.9 Å². The first kappa shape index (κ1) is 16.7. The number of hydrogen-bond acceptors (Lipinski definition) is 2. The van der Waals surface area contributed by atoms with Gasteiger partial charge in [-0.3, -0.25) is 0 Å². The van der Waals surface area contributed by atoms with Crippen LogP contribution in [0.25, 0.3) is 0 Å². The van der Waals surface area contributed by atoms with Crippen molar-refractivity contribution in [1.29, 1.82) is 0 Å². The second kappa shape index (κ2) is 7.57. The van der Waals surface area contributed by atoms with E-state index in [1.54, 1.807) is 0 Å². The number of hydrogen-bond donors (Lipinski definition) is 1. The second-order valence-electron chi connectivity index (χ2n) is 6.61. The van der Waals surface area contributed by atoms with Crippen molar-refractivity contribution >= 4 is 27.3 Å². The summed E-state index contributed by atoms with van der Waals surface area (Å²) in [6.45, 7) is 7.75. The Balaban J connectivity index is 2.01. The first-order chi connectivity index (χ1) is 9.92. The fourth-order valence-electron chi connectivity index (χ4n) is 2.33. The predicted octanol–water partition coefficient (Wildman–Crippen LogP) is 5.30.